The van der Waals surface area contributed by atoms with Crippen molar-refractivity contribution < 1.29 is 13.5 Å². The minimum atomic E-state index is -3.27. The zero-order valence-electron chi connectivity index (χ0n) is 8.39. The number of hydrogen-bond donors (Lipinski definition) is 2. The first-order chi connectivity index (χ1) is 6.49. The van der Waals surface area contributed by atoms with Gasteiger partial charge in [0.05, 0.1) is 11.9 Å². The lowest BCUT2D eigenvalue weighted by Crippen LogP contribution is -2.50. The number of aliphatic hydroxyl groups excluding tert-OH is 1. The molecule has 0 aromatic rings. The van der Waals surface area contributed by atoms with E-state index >= 15 is 0 Å². The van der Waals surface area contributed by atoms with E-state index < -0.39 is 16.1 Å². The van der Waals surface area contributed by atoms with Gasteiger partial charge in [-0.2, -0.15) is 4.31 Å². The summed E-state index contributed by atoms with van der Waals surface area (Å²) in [7, 11) is -3.27. The molecule has 6 heteroatoms. The second-order valence-electron chi connectivity index (χ2n) is 3.67. The van der Waals surface area contributed by atoms with Crippen LogP contribution in [0.5, 0.6) is 0 Å². The molecule has 0 amide bonds. The lowest BCUT2D eigenvalue weighted by Gasteiger charge is -2.35. The van der Waals surface area contributed by atoms with Crippen molar-refractivity contribution in [1.29, 1.82) is 0 Å². The molecular weight excluding hydrogens is 204 g/mol. The number of nitrogens with zero attached hydrogens (tertiary/aromatic N) is 1. The van der Waals surface area contributed by atoms with Crippen molar-refractivity contribution in [3.05, 3.63) is 0 Å². The Bertz CT molecular complexity index is 278. The van der Waals surface area contributed by atoms with Crippen LogP contribution in [0, 0.1) is 0 Å². The fraction of sp³-hybridized carbons (Fsp3) is 1.00. The van der Waals surface area contributed by atoms with Crippen molar-refractivity contribution in [1.82, 2.24) is 4.31 Å². The average Bonchev–Trinajstić information content (AvgIpc) is 2.09. The molecule has 84 valence electrons. The highest BCUT2D eigenvalue weighted by Gasteiger charge is 2.33. The van der Waals surface area contributed by atoms with Crippen molar-refractivity contribution in [2.24, 2.45) is 5.73 Å². The van der Waals surface area contributed by atoms with Gasteiger partial charge in [-0.15, -0.1) is 0 Å². The summed E-state index contributed by atoms with van der Waals surface area (Å²) in [5, 5.41) is 9.54. The van der Waals surface area contributed by atoms with Crippen LogP contribution < -0.4 is 5.73 Å². The molecule has 5 nitrogen and oxygen atoms in total. The van der Waals surface area contributed by atoms with Gasteiger partial charge in [0.2, 0.25) is 10.0 Å². The number of rotatable bonds is 3. The van der Waals surface area contributed by atoms with Crippen LogP contribution in [0.4, 0.5) is 0 Å². The lowest BCUT2D eigenvalue weighted by atomic mass is 10.0. The maximum Gasteiger partial charge on any atom is 0.215 e. The van der Waals surface area contributed by atoms with Gasteiger partial charge in [-0.05, 0) is 19.8 Å². The van der Waals surface area contributed by atoms with E-state index in [1.165, 1.54) is 4.31 Å². The molecule has 0 saturated carbocycles. The van der Waals surface area contributed by atoms with Crippen molar-refractivity contribution in [3.63, 3.8) is 0 Å². The normalized spacial score (nSPS) is 30.5. The standard InChI is InChI=1S/C8H18N2O3S/c1-7-8(11)3-2-5-10(7)14(12,13)6-4-9/h7-8,11H,2-6,9H2,1H3. The molecule has 3 N–H and O–H groups in total. The molecule has 2 atom stereocenters. The van der Waals surface area contributed by atoms with E-state index in [1.54, 1.807) is 6.92 Å². The predicted octanol–water partition coefficient (Wildman–Crippen LogP) is -0.880. The molecule has 1 heterocycles. The lowest BCUT2D eigenvalue weighted by molar-refractivity contribution is 0.0614. The summed E-state index contributed by atoms with van der Waals surface area (Å²) in [6.07, 6.45) is 0.849. The van der Waals surface area contributed by atoms with Gasteiger partial charge in [-0.25, -0.2) is 8.42 Å². The zero-order chi connectivity index (χ0) is 10.8. The largest absolute Gasteiger partial charge is 0.391 e. The first-order valence-electron chi connectivity index (χ1n) is 4.86. The molecule has 0 aliphatic carbocycles. The molecule has 1 aliphatic heterocycles. The molecule has 1 rings (SSSR count). The SMILES string of the molecule is CC1C(O)CCCN1S(=O)(=O)CCN. The Morgan fingerprint density at radius 1 is 1.57 bits per heavy atom. The molecule has 1 saturated heterocycles. The first-order valence-corrected chi connectivity index (χ1v) is 6.47. The summed E-state index contributed by atoms with van der Waals surface area (Å²) in [6, 6.07) is -0.319. The van der Waals surface area contributed by atoms with Gasteiger partial charge in [-0.3, -0.25) is 0 Å². The number of hydrogen-bond acceptors (Lipinski definition) is 4. The molecule has 0 aromatic carbocycles. The highest BCUT2D eigenvalue weighted by molar-refractivity contribution is 7.89. The van der Waals surface area contributed by atoms with Crippen LogP contribution in [0.15, 0.2) is 0 Å². The van der Waals surface area contributed by atoms with E-state index in [2.05, 4.69) is 0 Å². The third-order valence-corrected chi connectivity index (χ3v) is 4.60. The summed E-state index contributed by atoms with van der Waals surface area (Å²) in [6.45, 7) is 2.36. The van der Waals surface area contributed by atoms with Gasteiger partial charge in [0, 0.05) is 19.1 Å². The molecule has 14 heavy (non-hydrogen) atoms. The Morgan fingerprint density at radius 3 is 2.79 bits per heavy atom. The number of nitrogens with two attached hydrogens (primary N) is 1. The Hall–Kier alpha value is -0.170. The second-order valence-corrected chi connectivity index (χ2v) is 5.71. The highest BCUT2D eigenvalue weighted by Crippen LogP contribution is 2.20. The predicted molar refractivity (Wildman–Crippen MR) is 54.3 cm³/mol. The van der Waals surface area contributed by atoms with E-state index in [-0.39, 0.29) is 18.3 Å². The van der Waals surface area contributed by atoms with Gasteiger partial charge in [0.1, 0.15) is 0 Å². The van der Waals surface area contributed by atoms with Gasteiger partial charge >= 0.3 is 0 Å². The summed E-state index contributed by atoms with van der Waals surface area (Å²) >= 11 is 0. The van der Waals surface area contributed by atoms with Crippen LogP contribution in [-0.4, -0.2) is 48.8 Å². The summed E-state index contributed by atoms with van der Waals surface area (Å²) in [4.78, 5) is 0. The Morgan fingerprint density at radius 2 is 2.21 bits per heavy atom. The maximum atomic E-state index is 11.7. The fourth-order valence-corrected chi connectivity index (χ4v) is 3.34. The second kappa shape index (κ2) is 4.57. The van der Waals surface area contributed by atoms with E-state index in [0.717, 1.165) is 6.42 Å². The zero-order valence-corrected chi connectivity index (χ0v) is 9.20. The molecule has 1 fully saturated rings. The van der Waals surface area contributed by atoms with Crippen LogP contribution in [0.3, 0.4) is 0 Å². The Kier molecular flexibility index (Phi) is 3.88. The quantitative estimate of drug-likeness (QED) is 0.649. The third kappa shape index (κ3) is 2.44. The van der Waals surface area contributed by atoms with Crippen LogP contribution in [0.1, 0.15) is 19.8 Å². The van der Waals surface area contributed by atoms with Crippen molar-refractivity contribution in [3.8, 4) is 0 Å². The number of sulfonamides is 1. The molecule has 2 unspecified atom stereocenters. The number of aliphatic hydroxyl groups is 1. The molecule has 0 radical (unpaired) electrons. The molecule has 1 aliphatic rings. The van der Waals surface area contributed by atoms with E-state index in [9.17, 15) is 13.5 Å². The summed E-state index contributed by atoms with van der Waals surface area (Å²) in [5.74, 6) is -0.0376. The molecule has 0 aromatic heterocycles. The third-order valence-electron chi connectivity index (χ3n) is 2.62. The monoisotopic (exact) mass is 222 g/mol. The van der Waals surface area contributed by atoms with E-state index in [0.29, 0.717) is 13.0 Å². The highest BCUT2D eigenvalue weighted by atomic mass is 32.2. The molecule has 0 bridgehead atoms. The van der Waals surface area contributed by atoms with Crippen LogP contribution in [0.2, 0.25) is 0 Å². The summed E-state index contributed by atoms with van der Waals surface area (Å²) < 4.78 is 24.7. The smallest absolute Gasteiger partial charge is 0.215 e. The first kappa shape index (κ1) is 11.9. The van der Waals surface area contributed by atoms with Crippen molar-refractivity contribution in [2.45, 2.75) is 31.9 Å². The van der Waals surface area contributed by atoms with Gasteiger partial charge in [-0.1, -0.05) is 0 Å². The average molecular weight is 222 g/mol. The topological polar surface area (TPSA) is 83.6 Å². The van der Waals surface area contributed by atoms with Crippen LogP contribution >= 0.6 is 0 Å². The Balaban J connectivity index is 2.76. The summed E-state index contributed by atoms with van der Waals surface area (Å²) in [5.41, 5.74) is 5.23. The minimum Gasteiger partial charge on any atom is -0.391 e. The number of piperidine rings is 1. The van der Waals surface area contributed by atoms with Gasteiger partial charge in [0.15, 0.2) is 0 Å². The Labute approximate surface area is 84.9 Å². The maximum absolute atomic E-state index is 11.7. The molecular formula is C8H18N2O3S. The van der Waals surface area contributed by atoms with Crippen LogP contribution in [0.25, 0.3) is 0 Å². The van der Waals surface area contributed by atoms with E-state index in [1.807, 2.05) is 0 Å². The van der Waals surface area contributed by atoms with Gasteiger partial charge in [0.25, 0.3) is 0 Å². The van der Waals surface area contributed by atoms with Gasteiger partial charge < -0.3 is 10.8 Å². The fourth-order valence-electron chi connectivity index (χ4n) is 1.75. The molecule has 0 spiro atoms. The van der Waals surface area contributed by atoms with Crippen LogP contribution in [-0.2, 0) is 10.0 Å². The van der Waals surface area contributed by atoms with Crippen molar-refractivity contribution in [2.75, 3.05) is 18.8 Å². The minimum absolute atomic E-state index is 0.0376. The van der Waals surface area contributed by atoms with E-state index in [4.69, 9.17) is 5.73 Å². The van der Waals surface area contributed by atoms with Crippen molar-refractivity contribution >= 4 is 10.0 Å².